The van der Waals surface area contributed by atoms with Crippen LogP contribution in [0.15, 0.2) is 30.5 Å². The Bertz CT molecular complexity index is 1100. The highest BCUT2D eigenvalue weighted by atomic mass is 32.1. The molecule has 5 nitrogen and oxygen atoms in total. The molecule has 2 atom stereocenters. The van der Waals surface area contributed by atoms with Gasteiger partial charge in [-0.05, 0) is 56.3 Å². The Morgan fingerprint density at radius 2 is 1.94 bits per heavy atom. The van der Waals surface area contributed by atoms with Crippen molar-refractivity contribution in [3.8, 4) is 10.7 Å². The van der Waals surface area contributed by atoms with E-state index in [0.29, 0.717) is 5.92 Å². The SMILES string of the molecule is Cc1ncc(-c2nnc(CCCCN3C[C@@H]4C[C@]4(c4ccc(C(F)(F)F)cc4)C3)n2C)s1. The molecule has 2 aromatic heterocycles. The van der Waals surface area contributed by atoms with E-state index in [-0.39, 0.29) is 5.41 Å². The number of piperidine rings is 1. The average molecular weight is 462 g/mol. The monoisotopic (exact) mass is 461 g/mol. The molecule has 1 saturated carbocycles. The summed E-state index contributed by atoms with van der Waals surface area (Å²) in [5.41, 5.74) is 0.556. The van der Waals surface area contributed by atoms with Crippen molar-refractivity contribution in [3.63, 3.8) is 0 Å². The first-order valence-electron chi connectivity index (χ1n) is 11.0. The zero-order chi connectivity index (χ0) is 22.5. The maximum Gasteiger partial charge on any atom is 0.416 e. The lowest BCUT2D eigenvalue weighted by Crippen LogP contribution is -2.27. The van der Waals surface area contributed by atoms with Gasteiger partial charge >= 0.3 is 6.18 Å². The molecule has 1 aliphatic carbocycles. The zero-order valence-corrected chi connectivity index (χ0v) is 19.0. The minimum Gasteiger partial charge on any atom is -0.313 e. The Kier molecular flexibility index (Phi) is 5.36. The summed E-state index contributed by atoms with van der Waals surface area (Å²) in [6.07, 6.45) is 1.64. The third-order valence-electron chi connectivity index (χ3n) is 6.93. The molecule has 1 saturated heterocycles. The van der Waals surface area contributed by atoms with Gasteiger partial charge in [-0.25, -0.2) is 4.98 Å². The van der Waals surface area contributed by atoms with Gasteiger partial charge in [0.2, 0.25) is 0 Å². The van der Waals surface area contributed by atoms with Crippen molar-refractivity contribution in [2.24, 2.45) is 13.0 Å². The fraction of sp³-hybridized carbons (Fsp3) is 0.522. The summed E-state index contributed by atoms with van der Waals surface area (Å²) in [5, 5.41) is 9.72. The number of fused-ring (bicyclic) bond motifs is 1. The fourth-order valence-corrected chi connectivity index (χ4v) is 5.87. The second-order valence-electron chi connectivity index (χ2n) is 9.07. The molecule has 1 aromatic carbocycles. The molecule has 0 amide bonds. The number of hydrogen-bond donors (Lipinski definition) is 0. The minimum absolute atomic E-state index is 0.0650. The molecule has 3 heterocycles. The first-order valence-corrected chi connectivity index (χ1v) is 11.8. The van der Waals surface area contributed by atoms with E-state index < -0.39 is 11.7 Å². The van der Waals surface area contributed by atoms with Crippen LogP contribution in [-0.2, 0) is 25.1 Å². The highest BCUT2D eigenvalue weighted by molar-refractivity contribution is 7.14. The Hall–Kier alpha value is -2.26. The number of rotatable bonds is 7. The summed E-state index contributed by atoms with van der Waals surface area (Å²) in [6.45, 7) is 4.98. The highest BCUT2D eigenvalue weighted by Crippen LogP contribution is 2.59. The molecule has 1 aliphatic heterocycles. The van der Waals surface area contributed by atoms with Gasteiger partial charge in [0, 0.05) is 38.2 Å². The molecule has 0 N–H and O–H groups in total. The number of thiazole rings is 1. The van der Waals surface area contributed by atoms with Gasteiger partial charge in [-0.3, -0.25) is 0 Å². The topological polar surface area (TPSA) is 46.8 Å². The van der Waals surface area contributed by atoms with Crippen LogP contribution in [0.25, 0.3) is 10.7 Å². The van der Waals surface area contributed by atoms with Crippen LogP contribution < -0.4 is 0 Å². The van der Waals surface area contributed by atoms with E-state index in [1.807, 2.05) is 20.2 Å². The van der Waals surface area contributed by atoms with Crippen LogP contribution in [0.3, 0.4) is 0 Å². The van der Waals surface area contributed by atoms with Gasteiger partial charge in [0.1, 0.15) is 5.82 Å². The Balaban J connectivity index is 1.12. The number of benzene rings is 1. The lowest BCUT2D eigenvalue weighted by atomic mass is 9.94. The number of likely N-dealkylation sites (tertiary alicyclic amines) is 1. The first-order chi connectivity index (χ1) is 15.3. The van der Waals surface area contributed by atoms with Crippen molar-refractivity contribution in [2.75, 3.05) is 19.6 Å². The minimum atomic E-state index is -4.27. The second kappa shape index (κ2) is 7.95. The van der Waals surface area contributed by atoms with Crippen LogP contribution in [0.1, 0.15) is 41.2 Å². The summed E-state index contributed by atoms with van der Waals surface area (Å²) in [5.74, 6) is 2.42. The Morgan fingerprint density at radius 1 is 1.16 bits per heavy atom. The number of alkyl halides is 3. The van der Waals surface area contributed by atoms with E-state index >= 15 is 0 Å². The molecule has 32 heavy (non-hydrogen) atoms. The summed E-state index contributed by atoms with van der Waals surface area (Å²) in [4.78, 5) is 7.80. The van der Waals surface area contributed by atoms with E-state index in [1.54, 1.807) is 23.5 Å². The third-order valence-corrected chi connectivity index (χ3v) is 7.84. The van der Waals surface area contributed by atoms with Crippen LogP contribution in [0.5, 0.6) is 0 Å². The van der Waals surface area contributed by atoms with Crippen LogP contribution in [0.2, 0.25) is 0 Å². The maximum absolute atomic E-state index is 12.9. The molecule has 2 aliphatic rings. The standard InChI is InChI=1S/C23H26F3N5S/c1-15-27-12-19(32-15)21-29-28-20(30(21)2)5-3-4-10-31-13-18-11-22(18,14-31)16-6-8-17(9-7-16)23(24,25)26/h6-9,12,18H,3-5,10-11,13-14H2,1-2H3/t18-,22+/m0/s1. The number of unbranched alkanes of at least 4 members (excludes halogenated alkanes) is 1. The highest BCUT2D eigenvalue weighted by Gasteiger charge is 2.60. The molecule has 0 spiro atoms. The van der Waals surface area contributed by atoms with Gasteiger partial charge < -0.3 is 9.47 Å². The van der Waals surface area contributed by atoms with E-state index in [1.165, 1.54) is 12.1 Å². The molecule has 0 unspecified atom stereocenters. The summed E-state index contributed by atoms with van der Waals surface area (Å²) < 4.78 is 40.6. The van der Waals surface area contributed by atoms with Crippen LogP contribution in [0.4, 0.5) is 13.2 Å². The number of halogens is 3. The van der Waals surface area contributed by atoms with E-state index in [0.717, 1.165) is 72.4 Å². The molecule has 170 valence electrons. The molecule has 2 fully saturated rings. The van der Waals surface area contributed by atoms with Crippen LogP contribution >= 0.6 is 11.3 Å². The molecular formula is C23H26F3N5S. The van der Waals surface area contributed by atoms with Gasteiger partial charge in [-0.1, -0.05) is 12.1 Å². The molecular weight excluding hydrogens is 435 g/mol. The van der Waals surface area contributed by atoms with Gasteiger partial charge in [-0.15, -0.1) is 21.5 Å². The van der Waals surface area contributed by atoms with Gasteiger partial charge in [0.15, 0.2) is 5.82 Å². The lowest BCUT2D eigenvalue weighted by Gasteiger charge is -2.21. The second-order valence-corrected chi connectivity index (χ2v) is 10.3. The third kappa shape index (κ3) is 3.96. The summed E-state index contributed by atoms with van der Waals surface area (Å²) in [6, 6.07) is 5.82. The normalized spacial score (nSPS) is 23.0. The Morgan fingerprint density at radius 3 is 2.62 bits per heavy atom. The predicted octanol–water partition coefficient (Wildman–Crippen LogP) is 4.86. The molecule has 0 bridgehead atoms. The summed E-state index contributed by atoms with van der Waals surface area (Å²) >= 11 is 1.62. The van der Waals surface area contributed by atoms with E-state index in [9.17, 15) is 13.2 Å². The van der Waals surface area contributed by atoms with E-state index in [4.69, 9.17) is 0 Å². The zero-order valence-electron chi connectivity index (χ0n) is 18.2. The largest absolute Gasteiger partial charge is 0.416 e. The number of hydrogen-bond acceptors (Lipinski definition) is 5. The number of aromatic nitrogens is 4. The first kappa shape index (κ1) is 21.6. The van der Waals surface area contributed by atoms with Crippen molar-refractivity contribution < 1.29 is 13.2 Å². The maximum atomic E-state index is 12.9. The van der Waals surface area contributed by atoms with E-state index in [2.05, 4.69) is 24.6 Å². The van der Waals surface area contributed by atoms with Gasteiger partial charge in [0.25, 0.3) is 0 Å². The van der Waals surface area contributed by atoms with Gasteiger partial charge in [0.05, 0.1) is 15.4 Å². The fourth-order valence-electron chi connectivity index (χ4n) is 5.07. The van der Waals surface area contributed by atoms with Crippen LogP contribution in [-0.4, -0.2) is 44.3 Å². The van der Waals surface area contributed by atoms with Crippen molar-refractivity contribution >= 4 is 11.3 Å². The number of aryl methyl sites for hydroxylation is 2. The molecule has 5 rings (SSSR count). The predicted molar refractivity (Wildman–Crippen MR) is 117 cm³/mol. The number of nitrogens with zero attached hydrogens (tertiary/aromatic N) is 5. The average Bonchev–Trinajstić information content (AvgIpc) is 3.06. The van der Waals surface area contributed by atoms with Crippen LogP contribution in [0, 0.1) is 12.8 Å². The van der Waals surface area contributed by atoms with Crippen molar-refractivity contribution in [2.45, 2.75) is 44.2 Å². The lowest BCUT2D eigenvalue weighted by molar-refractivity contribution is -0.137. The summed E-state index contributed by atoms with van der Waals surface area (Å²) in [7, 11) is 2.00. The van der Waals surface area contributed by atoms with Gasteiger partial charge in [-0.2, -0.15) is 13.2 Å². The molecule has 3 aromatic rings. The van der Waals surface area contributed by atoms with Crippen molar-refractivity contribution in [1.82, 2.24) is 24.6 Å². The van der Waals surface area contributed by atoms with Crippen molar-refractivity contribution in [3.05, 3.63) is 52.4 Å². The Labute approximate surface area is 189 Å². The smallest absolute Gasteiger partial charge is 0.313 e. The van der Waals surface area contributed by atoms with Crippen molar-refractivity contribution in [1.29, 1.82) is 0 Å². The quantitative estimate of drug-likeness (QED) is 0.472. The molecule has 9 heteroatoms. The molecule has 0 radical (unpaired) electrons.